The summed E-state index contributed by atoms with van der Waals surface area (Å²) in [5, 5.41) is 0. The van der Waals surface area contributed by atoms with Crippen LogP contribution in [0.4, 0.5) is 0 Å². The SMILES string of the molecule is COC(=O)C1CCN(S(=O)(=O)C(C)(C)C)CC1. The van der Waals surface area contributed by atoms with Crippen LogP contribution in [0.2, 0.25) is 0 Å². The van der Waals surface area contributed by atoms with Crippen LogP contribution in [0.1, 0.15) is 33.6 Å². The molecule has 1 heterocycles. The molecule has 0 aromatic carbocycles. The Morgan fingerprint density at radius 2 is 1.71 bits per heavy atom. The minimum Gasteiger partial charge on any atom is -0.469 e. The number of piperidine rings is 1. The average Bonchev–Trinajstić information content (AvgIpc) is 2.26. The molecule has 1 aliphatic rings. The lowest BCUT2D eigenvalue weighted by Gasteiger charge is -2.34. The van der Waals surface area contributed by atoms with Crippen molar-refractivity contribution < 1.29 is 17.9 Å². The maximum Gasteiger partial charge on any atom is 0.308 e. The molecule has 1 rings (SSSR count). The second-order valence-corrected chi connectivity index (χ2v) is 8.01. The maximum absolute atomic E-state index is 12.2. The molecule has 6 heteroatoms. The van der Waals surface area contributed by atoms with Crippen molar-refractivity contribution in [3.8, 4) is 0 Å². The summed E-state index contributed by atoms with van der Waals surface area (Å²) in [6.07, 6.45) is 1.09. The van der Waals surface area contributed by atoms with Crippen molar-refractivity contribution in [1.29, 1.82) is 0 Å². The van der Waals surface area contributed by atoms with E-state index in [1.54, 1.807) is 20.8 Å². The Morgan fingerprint density at radius 1 is 1.24 bits per heavy atom. The van der Waals surface area contributed by atoms with Gasteiger partial charge in [-0.05, 0) is 33.6 Å². The normalized spacial score (nSPS) is 20.2. The number of esters is 1. The Labute approximate surface area is 103 Å². The van der Waals surface area contributed by atoms with Crippen LogP contribution >= 0.6 is 0 Å². The van der Waals surface area contributed by atoms with Gasteiger partial charge in [0.2, 0.25) is 10.0 Å². The van der Waals surface area contributed by atoms with Crippen molar-refractivity contribution in [3.05, 3.63) is 0 Å². The molecular weight excluding hydrogens is 242 g/mol. The third-order valence-electron chi connectivity index (χ3n) is 3.10. The van der Waals surface area contributed by atoms with E-state index in [0.717, 1.165) is 0 Å². The van der Waals surface area contributed by atoms with Crippen molar-refractivity contribution in [3.63, 3.8) is 0 Å². The second-order valence-electron chi connectivity index (χ2n) is 5.31. The minimum atomic E-state index is -3.27. The molecule has 0 bridgehead atoms. The molecule has 0 N–H and O–H groups in total. The van der Waals surface area contributed by atoms with E-state index in [9.17, 15) is 13.2 Å². The Hall–Kier alpha value is -0.620. The van der Waals surface area contributed by atoms with Crippen LogP contribution < -0.4 is 0 Å². The summed E-state index contributed by atoms with van der Waals surface area (Å²) in [4.78, 5) is 11.3. The Morgan fingerprint density at radius 3 is 2.06 bits per heavy atom. The molecule has 1 aliphatic heterocycles. The van der Waals surface area contributed by atoms with Crippen LogP contribution in [0.5, 0.6) is 0 Å². The number of hydrogen-bond donors (Lipinski definition) is 0. The Kier molecular flexibility index (Phi) is 4.19. The molecule has 1 saturated heterocycles. The van der Waals surface area contributed by atoms with Gasteiger partial charge in [-0.15, -0.1) is 0 Å². The molecule has 0 saturated carbocycles. The number of hydrogen-bond acceptors (Lipinski definition) is 4. The highest BCUT2D eigenvalue weighted by Gasteiger charge is 2.38. The molecule has 0 aromatic heterocycles. The van der Waals surface area contributed by atoms with Gasteiger partial charge in [0.15, 0.2) is 0 Å². The van der Waals surface area contributed by atoms with Crippen molar-refractivity contribution in [2.75, 3.05) is 20.2 Å². The molecule has 0 radical (unpaired) electrons. The maximum atomic E-state index is 12.2. The summed E-state index contributed by atoms with van der Waals surface area (Å²) in [5.41, 5.74) is 0. The van der Waals surface area contributed by atoms with Gasteiger partial charge in [-0.3, -0.25) is 4.79 Å². The van der Waals surface area contributed by atoms with Crippen LogP contribution in [0.15, 0.2) is 0 Å². The first kappa shape index (κ1) is 14.4. The van der Waals surface area contributed by atoms with Gasteiger partial charge in [-0.25, -0.2) is 12.7 Å². The summed E-state index contributed by atoms with van der Waals surface area (Å²) in [5.74, 6) is -0.399. The number of carbonyl (C=O) groups excluding carboxylic acids is 1. The van der Waals surface area contributed by atoms with E-state index in [4.69, 9.17) is 0 Å². The van der Waals surface area contributed by atoms with Crippen molar-refractivity contribution in [2.24, 2.45) is 5.92 Å². The van der Waals surface area contributed by atoms with Crippen molar-refractivity contribution >= 4 is 16.0 Å². The van der Waals surface area contributed by atoms with E-state index >= 15 is 0 Å². The van der Waals surface area contributed by atoms with Gasteiger partial charge in [0.25, 0.3) is 0 Å². The van der Waals surface area contributed by atoms with Gasteiger partial charge in [-0.2, -0.15) is 0 Å². The van der Waals surface area contributed by atoms with E-state index in [0.29, 0.717) is 25.9 Å². The molecule has 1 fully saturated rings. The van der Waals surface area contributed by atoms with E-state index in [1.165, 1.54) is 11.4 Å². The highest BCUT2D eigenvalue weighted by Crippen LogP contribution is 2.26. The topological polar surface area (TPSA) is 63.7 Å². The molecule has 0 aliphatic carbocycles. The lowest BCUT2D eigenvalue weighted by Crippen LogP contribution is -2.47. The van der Waals surface area contributed by atoms with E-state index in [2.05, 4.69) is 4.74 Å². The van der Waals surface area contributed by atoms with Crippen LogP contribution in [0, 0.1) is 5.92 Å². The van der Waals surface area contributed by atoms with Gasteiger partial charge in [0.05, 0.1) is 17.8 Å². The highest BCUT2D eigenvalue weighted by atomic mass is 32.2. The van der Waals surface area contributed by atoms with Gasteiger partial charge in [0.1, 0.15) is 0 Å². The first-order valence-electron chi connectivity index (χ1n) is 5.77. The number of rotatable bonds is 2. The molecule has 100 valence electrons. The standard InChI is InChI=1S/C11H21NO4S/c1-11(2,3)17(14,15)12-7-5-9(6-8-12)10(13)16-4/h9H,5-8H2,1-4H3. The average molecular weight is 263 g/mol. The van der Waals surface area contributed by atoms with E-state index < -0.39 is 14.8 Å². The summed E-state index contributed by atoms with van der Waals surface area (Å²) in [7, 11) is -1.91. The molecular formula is C11H21NO4S. The molecule has 0 unspecified atom stereocenters. The van der Waals surface area contributed by atoms with E-state index in [1.807, 2.05) is 0 Å². The predicted octanol–water partition coefficient (Wildman–Crippen LogP) is 1.000. The molecule has 0 amide bonds. The zero-order chi connectivity index (χ0) is 13.3. The van der Waals surface area contributed by atoms with Gasteiger partial charge in [-0.1, -0.05) is 0 Å². The van der Waals surface area contributed by atoms with Crippen LogP contribution in [-0.2, 0) is 19.6 Å². The Bertz CT molecular complexity index is 375. The summed E-state index contributed by atoms with van der Waals surface area (Å²) < 4.78 is 29.7. The summed E-state index contributed by atoms with van der Waals surface area (Å²) in [6, 6.07) is 0. The first-order chi connectivity index (χ1) is 7.70. The summed E-state index contributed by atoms with van der Waals surface area (Å²) >= 11 is 0. The fraction of sp³-hybridized carbons (Fsp3) is 0.909. The molecule has 0 spiro atoms. The number of ether oxygens (including phenoxy) is 1. The zero-order valence-electron chi connectivity index (χ0n) is 10.9. The lowest BCUT2D eigenvalue weighted by molar-refractivity contribution is -0.146. The molecule has 5 nitrogen and oxygen atoms in total. The number of nitrogens with zero attached hydrogens (tertiary/aromatic N) is 1. The van der Waals surface area contributed by atoms with Crippen molar-refractivity contribution in [2.45, 2.75) is 38.4 Å². The smallest absolute Gasteiger partial charge is 0.308 e. The van der Waals surface area contributed by atoms with Crippen molar-refractivity contribution in [1.82, 2.24) is 4.31 Å². The first-order valence-corrected chi connectivity index (χ1v) is 7.21. The van der Waals surface area contributed by atoms with Crippen LogP contribution in [0.25, 0.3) is 0 Å². The van der Waals surface area contributed by atoms with Gasteiger partial charge in [0, 0.05) is 13.1 Å². The highest BCUT2D eigenvalue weighted by molar-refractivity contribution is 7.90. The Balaban J connectivity index is 2.68. The van der Waals surface area contributed by atoms with Gasteiger partial charge < -0.3 is 4.74 Å². The monoisotopic (exact) mass is 263 g/mol. The van der Waals surface area contributed by atoms with E-state index in [-0.39, 0.29) is 11.9 Å². The van der Waals surface area contributed by atoms with Crippen LogP contribution in [-0.4, -0.2) is 43.6 Å². The quantitative estimate of drug-likeness (QED) is 0.697. The number of carbonyl (C=O) groups is 1. The van der Waals surface area contributed by atoms with Gasteiger partial charge >= 0.3 is 5.97 Å². The third-order valence-corrected chi connectivity index (χ3v) is 5.69. The molecule has 0 aromatic rings. The number of sulfonamides is 1. The third kappa shape index (κ3) is 2.98. The zero-order valence-corrected chi connectivity index (χ0v) is 11.7. The fourth-order valence-corrected chi connectivity index (χ4v) is 3.35. The summed E-state index contributed by atoms with van der Waals surface area (Å²) in [6.45, 7) is 5.87. The fourth-order valence-electron chi connectivity index (χ4n) is 1.89. The molecule has 0 atom stereocenters. The van der Waals surface area contributed by atoms with Crippen LogP contribution in [0.3, 0.4) is 0 Å². The predicted molar refractivity (Wildman–Crippen MR) is 65.0 cm³/mol. The second kappa shape index (κ2) is 4.94. The lowest BCUT2D eigenvalue weighted by atomic mass is 9.99. The largest absolute Gasteiger partial charge is 0.469 e. The number of methoxy groups -OCH3 is 1. The minimum absolute atomic E-state index is 0.161. The molecule has 17 heavy (non-hydrogen) atoms.